The molecule has 0 aliphatic carbocycles. The van der Waals surface area contributed by atoms with Gasteiger partial charge >= 0.3 is 5.97 Å². The van der Waals surface area contributed by atoms with Crippen molar-refractivity contribution in [3.05, 3.63) is 59.7 Å². The predicted molar refractivity (Wildman–Crippen MR) is 74.9 cm³/mol. The van der Waals surface area contributed by atoms with Crippen LogP contribution in [-0.2, 0) is 4.74 Å². The van der Waals surface area contributed by atoms with E-state index in [4.69, 9.17) is 4.74 Å². The molecular formula is C16H16O4. The number of hydrogen-bond acceptors (Lipinski definition) is 4. The van der Waals surface area contributed by atoms with Gasteiger partial charge in [-0.05, 0) is 37.3 Å². The molecule has 104 valence electrons. The number of carbonyl (C=O) groups excluding carboxylic acids is 1. The quantitative estimate of drug-likeness (QED) is 0.867. The number of aliphatic hydroxyl groups excluding tert-OH is 1. The number of benzene rings is 2. The fourth-order valence-electron chi connectivity index (χ4n) is 1.82. The molecule has 0 saturated heterocycles. The van der Waals surface area contributed by atoms with Gasteiger partial charge in [0.15, 0.2) is 0 Å². The minimum atomic E-state index is -0.611. The number of rotatable bonds is 4. The van der Waals surface area contributed by atoms with Gasteiger partial charge in [0, 0.05) is 5.56 Å². The van der Waals surface area contributed by atoms with Gasteiger partial charge in [-0.1, -0.05) is 18.2 Å². The third-order valence-corrected chi connectivity index (χ3v) is 2.87. The van der Waals surface area contributed by atoms with Crippen LogP contribution in [0.2, 0.25) is 0 Å². The number of para-hydroxylation sites is 1. The summed E-state index contributed by atoms with van der Waals surface area (Å²) in [6.07, 6.45) is -0.611. The number of ether oxygens (including phenoxy) is 2. The first kappa shape index (κ1) is 14.1. The van der Waals surface area contributed by atoms with Gasteiger partial charge in [-0.15, -0.1) is 0 Å². The highest BCUT2D eigenvalue weighted by molar-refractivity contribution is 5.89. The van der Waals surface area contributed by atoms with Crippen molar-refractivity contribution >= 4 is 5.97 Å². The Labute approximate surface area is 117 Å². The van der Waals surface area contributed by atoms with Crippen LogP contribution in [0.5, 0.6) is 11.5 Å². The Morgan fingerprint density at radius 1 is 1.10 bits per heavy atom. The fraction of sp³-hybridized carbons (Fsp3) is 0.188. The van der Waals surface area contributed by atoms with Crippen LogP contribution in [0.4, 0.5) is 0 Å². The molecule has 0 unspecified atom stereocenters. The smallest absolute Gasteiger partial charge is 0.337 e. The van der Waals surface area contributed by atoms with Gasteiger partial charge in [0.2, 0.25) is 0 Å². The highest BCUT2D eigenvalue weighted by atomic mass is 16.5. The minimum Gasteiger partial charge on any atom is -0.465 e. The Bertz CT molecular complexity index is 588. The summed E-state index contributed by atoms with van der Waals surface area (Å²) in [6.45, 7) is 1.68. The first-order chi connectivity index (χ1) is 9.61. The molecule has 2 aromatic rings. The second-order valence-electron chi connectivity index (χ2n) is 4.33. The average molecular weight is 272 g/mol. The molecule has 0 heterocycles. The molecule has 0 aliphatic rings. The van der Waals surface area contributed by atoms with Gasteiger partial charge in [-0.3, -0.25) is 0 Å². The molecule has 1 atom stereocenters. The highest BCUT2D eigenvalue weighted by Gasteiger charge is 2.10. The van der Waals surface area contributed by atoms with E-state index in [1.54, 1.807) is 37.3 Å². The van der Waals surface area contributed by atoms with Crippen molar-refractivity contribution in [1.82, 2.24) is 0 Å². The van der Waals surface area contributed by atoms with Crippen molar-refractivity contribution in [2.75, 3.05) is 7.11 Å². The summed E-state index contributed by atoms with van der Waals surface area (Å²) in [5, 5.41) is 9.69. The molecule has 0 aromatic heterocycles. The van der Waals surface area contributed by atoms with Crippen molar-refractivity contribution in [2.24, 2.45) is 0 Å². The molecule has 4 heteroatoms. The summed E-state index contributed by atoms with van der Waals surface area (Å²) in [5.41, 5.74) is 1.17. The highest BCUT2D eigenvalue weighted by Crippen LogP contribution is 2.29. The second-order valence-corrected chi connectivity index (χ2v) is 4.33. The van der Waals surface area contributed by atoms with Crippen molar-refractivity contribution in [1.29, 1.82) is 0 Å². The van der Waals surface area contributed by atoms with E-state index in [9.17, 15) is 9.90 Å². The van der Waals surface area contributed by atoms with E-state index in [-0.39, 0.29) is 5.97 Å². The Morgan fingerprint density at radius 3 is 2.35 bits per heavy atom. The maximum Gasteiger partial charge on any atom is 0.337 e. The molecule has 2 rings (SSSR count). The van der Waals surface area contributed by atoms with Crippen LogP contribution >= 0.6 is 0 Å². The average Bonchev–Trinajstić information content (AvgIpc) is 2.47. The van der Waals surface area contributed by atoms with Crippen LogP contribution in [0.1, 0.15) is 28.9 Å². The molecule has 0 bridgehead atoms. The van der Waals surface area contributed by atoms with E-state index in [0.717, 1.165) is 0 Å². The first-order valence-corrected chi connectivity index (χ1v) is 6.25. The Balaban J connectivity index is 2.20. The lowest BCUT2D eigenvalue weighted by molar-refractivity contribution is 0.0600. The maximum absolute atomic E-state index is 11.3. The number of carbonyl (C=O) groups is 1. The van der Waals surface area contributed by atoms with Crippen LogP contribution in [0, 0.1) is 0 Å². The lowest BCUT2D eigenvalue weighted by atomic mass is 10.1. The molecule has 20 heavy (non-hydrogen) atoms. The SMILES string of the molecule is COC(=O)c1ccc(Oc2ccccc2[C@@H](C)O)cc1. The number of methoxy groups -OCH3 is 1. The van der Waals surface area contributed by atoms with Gasteiger partial charge in [-0.2, -0.15) is 0 Å². The Kier molecular flexibility index (Phi) is 4.38. The Hall–Kier alpha value is -2.33. The summed E-state index contributed by atoms with van der Waals surface area (Å²) in [5.74, 6) is 0.792. The lowest BCUT2D eigenvalue weighted by Gasteiger charge is -2.13. The summed E-state index contributed by atoms with van der Waals surface area (Å²) in [7, 11) is 1.34. The van der Waals surface area contributed by atoms with Crippen LogP contribution < -0.4 is 4.74 Å². The van der Waals surface area contributed by atoms with Gasteiger partial charge in [0.1, 0.15) is 11.5 Å². The van der Waals surface area contributed by atoms with Crippen molar-refractivity contribution in [2.45, 2.75) is 13.0 Å². The topological polar surface area (TPSA) is 55.8 Å². The van der Waals surface area contributed by atoms with Gasteiger partial charge < -0.3 is 14.6 Å². The lowest BCUT2D eigenvalue weighted by Crippen LogP contribution is -2.00. The molecule has 0 aliphatic heterocycles. The zero-order chi connectivity index (χ0) is 14.5. The van der Waals surface area contributed by atoms with Crippen LogP contribution in [-0.4, -0.2) is 18.2 Å². The third kappa shape index (κ3) is 3.16. The molecular weight excluding hydrogens is 256 g/mol. The molecule has 0 radical (unpaired) electrons. The van der Waals surface area contributed by atoms with E-state index < -0.39 is 6.10 Å². The zero-order valence-electron chi connectivity index (χ0n) is 11.4. The minimum absolute atomic E-state index is 0.388. The molecule has 0 fully saturated rings. The summed E-state index contributed by atoms with van der Waals surface area (Å²) >= 11 is 0. The van der Waals surface area contributed by atoms with Gasteiger partial charge in [-0.25, -0.2) is 4.79 Å². The van der Waals surface area contributed by atoms with E-state index in [2.05, 4.69) is 4.74 Å². The van der Waals surface area contributed by atoms with Crippen LogP contribution in [0.25, 0.3) is 0 Å². The van der Waals surface area contributed by atoms with Crippen molar-refractivity contribution in [3.63, 3.8) is 0 Å². The van der Waals surface area contributed by atoms with Gasteiger partial charge in [0.25, 0.3) is 0 Å². The van der Waals surface area contributed by atoms with E-state index >= 15 is 0 Å². The van der Waals surface area contributed by atoms with Crippen LogP contribution in [0.15, 0.2) is 48.5 Å². The standard InChI is InChI=1S/C16H16O4/c1-11(17)14-5-3-4-6-15(14)20-13-9-7-12(8-10-13)16(18)19-2/h3-11,17H,1-2H3/t11-/m1/s1. The molecule has 2 aromatic carbocycles. The van der Waals surface area contributed by atoms with Crippen LogP contribution in [0.3, 0.4) is 0 Å². The number of esters is 1. The zero-order valence-corrected chi connectivity index (χ0v) is 11.4. The molecule has 1 N–H and O–H groups in total. The maximum atomic E-state index is 11.3. The van der Waals surface area contributed by atoms with Crippen molar-refractivity contribution in [3.8, 4) is 11.5 Å². The molecule has 0 spiro atoms. The summed E-state index contributed by atoms with van der Waals surface area (Å²) < 4.78 is 10.4. The summed E-state index contributed by atoms with van der Waals surface area (Å²) in [6, 6.07) is 13.9. The second kappa shape index (κ2) is 6.21. The summed E-state index contributed by atoms with van der Waals surface area (Å²) in [4.78, 5) is 11.3. The Morgan fingerprint density at radius 2 is 1.75 bits per heavy atom. The van der Waals surface area contributed by atoms with E-state index in [1.165, 1.54) is 7.11 Å². The normalized spacial score (nSPS) is 11.8. The number of hydrogen-bond donors (Lipinski definition) is 1. The van der Waals surface area contributed by atoms with E-state index in [0.29, 0.717) is 22.6 Å². The largest absolute Gasteiger partial charge is 0.465 e. The monoisotopic (exact) mass is 272 g/mol. The fourth-order valence-corrected chi connectivity index (χ4v) is 1.82. The van der Waals surface area contributed by atoms with Crippen molar-refractivity contribution < 1.29 is 19.4 Å². The number of aliphatic hydroxyl groups is 1. The molecule has 0 amide bonds. The predicted octanol–water partition coefficient (Wildman–Crippen LogP) is 3.32. The van der Waals surface area contributed by atoms with E-state index in [1.807, 2.05) is 18.2 Å². The third-order valence-electron chi connectivity index (χ3n) is 2.87. The molecule has 4 nitrogen and oxygen atoms in total. The first-order valence-electron chi connectivity index (χ1n) is 6.25. The molecule has 0 saturated carbocycles. The van der Waals surface area contributed by atoms with Gasteiger partial charge in [0.05, 0.1) is 18.8 Å².